The maximum absolute atomic E-state index is 11.8. The minimum atomic E-state index is 0.281. The topological polar surface area (TPSA) is 17.1 Å². The van der Waals surface area contributed by atoms with Crippen molar-refractivity contribution in [3.05, 3.63) is 29.8 Å². The summed E-state index contributed by atoms with van der Waals surface area (Å²) in [6, 6.07) is 7.87. The molecule has 1 aliphatic rings. The zero-order valence-electron chi connectivity index (χ0n) is 8.41. The van der Waals surface area contributed by atoms with Gasteiger partial charge in [-0.25, -0.2) is 0 Å². The highest BCUT2D eigenvalue weighted by Crippen LogP contribution is 2.36. The SMILES string of the molecule is O=C1CC(CCCCl)Sc2ccccc21. The molecule has 0 N–H and O–H groups in total. The molecule has 1 unspecified atom stereocenters. The first-order chi connectivity index (χ1) is 7.31. The fourth-order valence-corrected chi connectivity index (χ4v) is 3.30. The minimum Gasteiger partial charge on any atom is -0.294 e. The Bertz CT molecular complexity index is 364. The second-order valence-electron chi connectivity index (χ2n) is 3.69. The van der Waals surface area contributed by atoms with Gasteiger partial charge < -0.3 is 0 Å². The monoisotopic (exact) mass is 240 g/mol. The van der Waals surface area contributed by atoms with Crippen molar-refractivity contribution in [1.82, 2.24) is 0 Å². The summed E-state index contributed by atoms with van der Waals surface area (Å²) >= 11 is 7.48. The van der Waals surface area contributed by atoms with E-state index in [1.165, 1.54) is 0 Å². The summed E-state index contributed by atoms with van der Waals surface area (Å²) in [6.45, 7) is 0. The van der Waals surface area contributed by atoms with Crippen LogP contribution in [0.25, 0.3) is 0 Å². The van der Waals surface area contributed by atoms with Gasteiger partial charge in [-0.15, -0.1) is 23.4 Å². The van der Waals surface area contributed by atoms with E-state index in [0.29, 0.717) is 17.6 Å². The Hall–Kier alpha value is -0.470. The molecule has 0 fully saturated rings. The van der Waals surface area contributed by atoms with Gasteiger partial charge in [-0.05, 0) is 18.9 Å². The third kappa shape index (κ3) is 2.56. The minimum absolute atomic E-state index is 0.281. The molecule has 0 amide bonds. The number of rotatable bonds is 3. The summed E-state index contributed by atoms with van der Waals surface area (Å²) in [5.74, 6) is 0.969. The van der Waals surface area contributed by atoms with E-state index in [-0.39, 0.29) is 5.78 Å². The Balaban J connectivity index is 2.12. The Labute approximate surface area is 99.2 Å². The van der Waals surface area contributed by atoms with Crippen molar-refractivity contribution in [2.75, 3.05) is 5.88 Å². The molecule has 0 spiro atoms. The molecular formula is C12H13ClOS. The number of hydrogen-bond acceptors (Lipinski definition) is 2. The van der Waals surface area contributed by atoms with Gasteiger partial charge >= 0.3 is 0 Å². The van der Waals surface area contributed by atoms with Crippen molar-refractivity contribution in [2.24, 2.45) is 0 Å². The van der Waals surface area contributed by atoms with Crippen LogP contribution >= 0.6 is 23.4 Å². The van der Waals surface area contributed by atoms with Crippen LogP contribution in [0.5, 0.6) is 0 Å². The molecule has 0 aromatic heterocycles. The van der Waals surface area contributed by atoms with Gasteiger partial charge in [0.25, 0.3) is 0 Å². The maximum Gasteiger partial charge on any atom is 0.165 e. The van der Waals surface area contributed by atoms with Crippen molar-refractivity contribution < 1.29 is 4.79 Å². The first kappa shape index (κ1) is 11.0. The van der Waals surface area contributed by atoms with Crippen molar-refractivity contribution in [2.45, 2.75) is 29.4 Å². The predicted molar refractivity (Wildman–Crippen MR) is 65.0 cm³/mol. The average molecular weight is 241 g/mol. The maximum atomic E-state index is 11.8. The van der Waals surface area contributed by atoms with Crippen LogP contribution in [0.4, 0.5) is 0 Å². The van der Waals surface area contributed by atoms with Crippen LogP contribution in [-0.2, 0) is 0 Å². The quantitative estimate of drug-likeness (QED) is 0.749. The smallest absolute Gasteiger partial charge is 0.165 e. The lowest BCUT2D eigenvalue weighted by molar-refractivity contribution is 0.0976. The molecule has 1 atom stereocenters. The zero-order chi connectivity index (χ0) is 10.7. The number of thioether (sulfide) groups is 1. The van der Waals surface area contributed by atoms with E-state index in [2.05, 4.69) is 0 Å². The highest BCUT2D eigenvalue weighted by Gasteiger charge is 2.24. The fraction of sp³-hybridized carbons (Fsp3) is 0.417. The normalized spacial score (nSPS) is 20.1. The molecule has 2 rings (SSSR count). The summed E-state index contributed by atoms with van der Waals surface area (Å²) in [5, 5.41) is 0.422. The molecule has 80 valence electrons. The number of benzene rings is 1. The number of hydrogen-bond donors (Lipinski definition) is 0. The van der Waals surface area contributed by atoms with Gasteiger partial charge in [0.2, 0.25) is 0 Å². The molecule has 0 saturated heterocycles. The lowest BCUT2D eigenvalue weighted by Gasteiger charge is -2.22. The van der Waals surface area contributed by atoms with E-state index < -0.39 is 0 Å². The van der Waals surface area contributed by atoms with Crippen LogP contribution in [0.1, 0.15) is 29.6 Å². The van der Waals surface area contributed by atoms with Crippen LogP contribution in [0.2, 0.25) is 0 Å². The van der Waals surface area contributed by atoms with Gasteiger partial charge in [-0.3, -0.25) is 4.79 Å². The van der Waals surface area contributed by atoms with E-state index in [1.807, 2.05) is 36.0 Å². The molecule has 15 heavy (non-hydrogen) atoms. The van der Waals surface area contributed by atoms with Gasteiger partial charge in [0.15, 0.2) is 5.78 Å². The summed E-state index contributed by atoms with van der Waals surface area (Å²) in [7, 11) is 0. The molecule has 0 bridgehead atoms. The summed E-state index contributed by atoms with van der Waals surface area (Å²) < 4.78 is 0. The number of ketones is 1. The number of halogens is 1. The van der Waals surface area contributed by atoms with Crippen molar-refractivity contribution >= 4 is 29.1 Å². The number of alkyl halides is 1. The highest BCUT2D eigenvalue weighted by molar-refractivity contribution is 8.00. The molecule has 0 aliphatic carbocycles. The van der Waals surface area contributed by atoms with Crippen LogP contribution < -0.4 is 0 Å². The third-order valence-corrected chi connectivity index (χ3v) is 4.17. The van der Waals surface area contributed by atoms with E-state index in [4.69, 9.17) is 11.6 Å². The summed E-state index contributed by atoms with van der Waals surface area (Å²) in [5.41, 5.74) is 0.893. The zero-order valence-corrected chi connectivity index (χ0v) is 9.98. The molecule has 1 aromatic carbocycles. The van der Waals surface area contributed by atoms with Gasteiger partial charge in [-0.1, -0.05) is 18.2 Å². The highest BCUT2D eigenvalue weighted by atomic mass is 35.5. The third-order valence-electron chi connectivity index (χ3n) is 2.55. The van der Waals surface area contributed by atoms with Crippen molar-refractivity contribution in [3.63, 3.8) is 0 Å². The predicted octanol–water partition coefficient (Wildman–Crippen LogP) is 3.75. The summed E-state index contributed by atoms with van der Waals surface area (Å²) in [4.78, 5) is 12.9. The number of Topliss-reactive ketones (excluding diaryl/α,β-unsaturated/α-hetero) is 1. The molecule has 1 heterocycles. The first-order valence-electron chi connectivity index (χ1n) is 5.16. The fourth-order valence-electron chi connectivity index (χ4n) is 1.80. The average Bonchev–Trinajstić information content (AvgIpc) is 2.26. The second kappa shape index (κ2) is 5.04. The Morgan fingerprint density at radius 3 is 3.00 bits per heavy atom. The van der Waals surface area contributed by atoms with E-state index in [1.54, 1.807) is 0 Å². The van der Waals surface area contributed by atoms with Gasteiger partial charge in [0.1, 0.15) is 0 Å². The molecule has 1 aromatic rings. The molecular weight excluding hydrogens is 228 g/mol. The van der Waals surface area contributed by atoms with Crippen molar-refractivity contribution in [3.8, 4) is 0 Å². The van der Waals surface area contributed by atoms with Gasteiger partial charge in [0.05, 0.1) is 0 Å². The van der Waals surface area contributed by atoms with Gasteiger partial charge in [-0.2, -0.15) is 0 Å². The lowest BCUT2D eigenvalue weighted by Crippen LogP contribution is -2.17. The van der Waals surface area contributed by atoms with Gasteiger partial charge in [0, 0.05) is 28.0 Å². The van der Waals surface area contributed by atoms with E-state index in [9.17, 15) is 4.79 Å². The standard InChI is InChI=1S/C12H13ClOS/c13-7-3-4-9-8-11(14)10-5-1-2-6-12(10)15-9/h1-2,5-6,9H,3-4,7-8H2. The molecule has 1 nitrogen and oxygen atoms in total. The van der Waals surface area contributed by atoms with Crippen molar-refractivity contribution in [1.29, 1.82) is 0 Å². The van der Waals surface area contributed by atoms with Crippen LogP contribution in [-0.4, -0.2) is 16.9 Å². The second-order valence-corrected chi connectivity index (χ2v) is 5.41. The Morgan fingerprint density at radius 1 is 1.40 bits per heavy atom. The number of fused-ring (bicyclic) bond motifs is 1. The largest absolute Gasteiger partial charge is 0.294 e. The van der Waals surface area contributed by atoms with Crippen LogP contribution in [0.3, 0.4) is 0 Å². The first-order valence-corrected chi connectivity index (χ1v) is 6.57. The summed E-state index contributed by atoms with van der Waals surface area (Å²) in [6.07, 6.45) is 2.70. The molecule has 0 saturated carbocycles. The van der Waals surface area contributed by atoms with Crippen LogP contribution in [0.15, 0.2) is 29.2 Å². The lowest BCUT2D eigenvalue weighted by atomic mass is 10.0. The van der Waals surface area contributed by atoms with E-state index in [0.717, 1.165) is 23.3 Å². The van der Waals surface area contributed by atoms with E-state index >= 15 is 0 Å². The van der Waals surface area contributed by atoms with Crippen LogP contribution in [0, 0.1) is 0 Å². The molecule has 1 aliphatic heterocycles. The number of carbonyl (C=O) groups is 1. The molecule has 3 heteroatoms. The Morgan fingerprint density at radius 2 is 2.20 bits per heavy atom. The number of carbonyl (C=O) groups excluding carboxylic acids is 1. The Kier molecular flexibility index (Phi) is 3.71. The molecule has 0 radical (unpaired) electrons.